The van der Waals surface area contributed by atoms with Crippen LogP contribution >= 0.6 is 0 Å². The van der Waals surface area contributed by atoms with Crippen LogP contribution in [0.15, 0.2) is 24.3 Å². The van der Waals surface area contributed by atoms with Gasteiger partial charge in [0.05, 0.1) is 16.3 Å². The van der Waals surface area contributed by atoms with E-state index >= 15 is 0 Å². The van der Waals surface area contributed by atoms with Gasteiger partial charge in [0.15, 0.2) is 0 Å². The Morgan fingerprint density at radius 1 is 1.47 bits per heavy atom. The molecule has 0 aliphatic rings. The molecule has 0 saturated carbocycles. The molecule has 0 amide bonds. The number of nitro benzene ring substituents is 1. The van der Waals surface area contributed by atoms with E-state index in [-0.39, 0.29) is 12.2 Å². The van der Waals surface area contributed by atoms with E-state index in [1.54, 1.807) is 25.1 Å². The van der Waals surface area contributed by atoms with Crippen LogP contribution in [0.3, 0.4) is 0 Å². The summed E-state index contributed by atoms with van der Waals surface area (Å²) in [6.45, 7) is 2.03. The highest BCUT2D eigenvalue weighted by Gasteiger charge is 2.18. The molecule has 2 rings (SSSR count). The van der Waals surface area contributed by atoms with Gasteiger partial charge in [0.1, 0.15) is 5.69 Å². The monoisotopic (exact) mass is 233 g/mol. The van der Waals surface area contributed by atoms with Crippen LogP contribution in [0.1, 0.15) is 11.4 Å². The zero-order valence-electron chi connectivity index (χ0n) is 9.20. The van der Waals surface area contributed by atoms with Crippen molar-refractivity contribution in [3.8, 4) is 5.69 Å². The molecule has 0 spiro atoms. The lowest BCUT2D eigenvalue weighted by atomic mass is 10.2. The number of rotatable bonds is 3. The third kappa shape index (κ3) is 1.87. The van der Waals surface area contributed by atoms with Gasteiger partial charge in [0.2, 0.25) is 0 Å². The molecule has 17 heavy (non-hydrogen) atoms. The molecule has 0 fully saturated rings. The summed E-state index contributed by atoms with van der Waals surface area (Å²) in [6.07, 6.45) is 0. The van der Waals surface area contributed by atoms with Gasteiger partial charge in [-0.15, -0.1) is 5.10 Å². The van der Waals surface area contributed by atoms with Crippen molar-refractivity contribution in [3.05, 3.63) is 45.8 Å². The van der Waals surface area contributed by atoms with Crippen LogP contribution in [0.25, 0.3) is 5.69 Å². The highest BCUT2D eigenvalue weighted by Crippen LogP contribution is 2.22. The Morgan fingerprint density at radius 3 is 2.76 bits per heavy atom. The van der Waals surface area contributed by atoms with Gasteiger partial charge in [0, 0.05) is 12.6 Å². The van der Waals surface area contributed by atoms with Crippen LogP contribution in [0.5, 0.6) is 0 Å². The van der Waals surface area contributed by atoms with Gasteiger partial charge in [0.25, 0.3) is 5.69 Å². The summed E-state index contributed by atoms with van der Waals surface area (Å²) in [5.41, 5.74) is 7.21. The lowest BCUT2D eigenvalue weighted by molar-refractivity contribution is -0.384. The summed E-state index contributed by atoms with van der Waals surface area (Å²) in [4.78, 5) is 10.5. The SMILES string of the molecule is Cc1c(CN)nnn1-c1ccccc1[N+](=O)[O-]. The summed E-state index contributed by atoms with van der Waals surface area (Å²) in [5, 5.41) is 18.7. The van der Waals surface area contributed by atoms with E-state index in [0.717, 1.165) is 0 Å². The second-order valence-corrected chi connectivity index (χ2v) is 3.48. The molecule has 0 aliphatic carbocycles. The fourth-order valence-electron chi connectivity index (χ4n) is 1.58. The Hall–Kier alpha value is -2.28. The molecule has 88 valence electrons. The Bertz CT molecular complexity index is 564. The minimum atomic E-state index is -0.446. The zero-order valence-corrected chi connectivity index (χ0v) is 9.20. The first-order valence-electron chi connectivity index (χ1n) is 5.00. The van der Waals surface area contributed by atoms with Gasteiger partial charge in [-0.1, -0.05) is 17.3 Å². The Kier molecular flexibility index (Phi) is 2.84. The number of nitro groups is 1. The second-order valence-electron chi connectivity index (χ2n) is 3.48. The molecule has 1 aromatic carbocycles. The van der Waals surface area contributed by atoms with Crippen LogP contribution in [-0.4, -0.2) is 19.9 Å². The van der Waals surface area contributed by atoms with Crippen molar-refractivity contribution in [1.29, 1.82) is 0 Å². The zero-order chi connectivity index (χ0) is 12.4. The number of nitrogens with two attached hydrogens (primary N) is 1. The van der Waals surface area contributed by atoms with E-state index in [2.05, 4.69) is 10.3 Å². The fraction of sp³-hybridized carbons (Fsp3) is 0.200. The minimum Gasteiger partial charge on any atom is -0.325 e. The second kappa shape index (κ2) is 4.30. The molecule has 0 unspecified atom stereocenters. The van der Waals surface area contributed by atoms with Crippen molar-refractivity contribution >= 4 is 5.69 Å². The van der Waals surface area contributed by atoms with Crippen molar-refractivity contribution in [2.24, 2.45) is 5.73 Å². The van der Waals surface area contributed by atoms with E-state index in [4.69, 9.17) is 5.73 Å². The molecule has 2 N–H and O–H groups in total. The molecule has 0 aliphatic heterocycles. The molecule has 0 radical (unpaired) electrons. The van der Waals surface area contributed by atoms with Crippen molar-refractivity contribution in [1.82, 2.24) is 15.0 Å². The smallest absolute Gasteiger partial charge is 0.294 e. The molecular weight excluding hydrogens is 222 g/mol. The summed E-state index contributed by atoms with van der Waals surface area (Å²) >= 11 is 0. The standard InChI is InChI=1S/C10H11N5O2/c1-7-8(6-11)12-13-14(7)9-4-2-3-5-10(9)15(16)17/h2-5H,6,11H2,1H3. The number of hydrogen-bond donors (Lipinski definition) is 1. The lowest BCUT2D eigenvalue weighted by Crippen LogP contribution is -2.04. The fourth-order valence-corrected chi connectivity index (χ4v) is 1.58. The van der Waals surface area contributed by atoms with Crippen molar-refractivity contribution in [2.45, 2.75) is 13.5 Å². The molecule has 0 bridgehead atoms. The highest BCUT2D eigenvalue weighted by atomic mass is 16.6. The lowest BCUT2D eigenvalue weighted by Gasteiger charge is -2.03. The topological polar surface area (TPSA) is 99.9 Å². The summed E-state index contributed by atoms with van der Waals surface area (Å²) < 4.78 is 1.43. The molecule has 7 nitrogen and oxygen atoms in total. The molecule has 1 aromatic heterocycles. The normalized spacial score (nSPS) is 10.5. The van der Waals surface area contributed by atoms with Crippen LogP contribution in [0.2, 0.25) is 0 Å². The Morgan fingerprint density at radius 2 is 2.18 bits per heavy atom. The van der Waals surface area contributed by atoms with Crippen LogP contribution < -0.4 is 5.73 Å². The van der Waals surface area contributed by atoms with Crippen LogP contribution in [-0.2, 0) is 6.54 Å². The third-order valence-corrected chi connectivity index (χ3v) is 2.49. The molecule has 2 aromatic rings. The van der Waals surface area contributed by atoms with Crippen LogP contribution in [0.4, 0.5) is 5.69 Å². The van der Waals surface area contributed by atoms with E-state index in [9.17, 15) is 10.1 Å². The Labute approximate surface area is 97.0 Å². The quantitative estimate of drug-likeness (QED) is 0.628. The first-order chi connectivity index (χ1) is 8.15. The van der Waals surface area contributed by atoms with E-state index in [0.29, 0.717) is 17.1 Å². The van der Waals surface area contributed by atoms with Crippen molar-refractivity contribution in [3.63, 3.8) is 0 Å². The average Bonchev–Trinajstić information content (AvgIpc) is 2.70. The first kappa shape index (κ1) is 11.2. The van der Waals surface area contributed by atoms with Gasteiger partial charge in [-0.05, 0) is 13.0 Å². The van der Waals surface area contributed by atoms with Crippen LogP contribution in [0, 0.1) is 17.0 Å². The predicted octanol–water partition coefficient (Wildman–Crippen LogP) is 0.943. The number of aromatic nitrogens is 3. The van der Waals surface area contributed by atoms with Crippen molar-refractivity contribution < 1.29 is 4.92 Å². The molecule has 0 saturated heterocycles. The summed E-state index contributed by atoms with van der Waals surface area (Å²) in [7, 11) is 0. The van der Waals surface area contributed by atoms with Gasteiger partial charge >= 0.3 is 0 Å². The van der Waals surface area contributed by atoms with E-state index in [1.807, 2.05) is 0 Å². The number of hydrogen-bond acceptors (Lipinski definition) is 5. The third-order valence-electron chi connectivity index (χ3n) is 2.49. The summed E-state index contributed by atoms with van der Waals surface area (Å²) in [6, 6.07) is 6.38. The molecule has 0 atom stereocenters. The predicted molar refractivity (Wildman–Crippen MR) is 60.6 cm³/mol. The Balaban J connectivity index is 2.60. The largest absolute Gasteiger partial charge is 0.325 e. The van der Waals surface area contributed by atoms with Gasteiger partial charge in [-0.25, -0.2) is 4.68 Å². The number of para-hydroxylation sites is 2. The molecular formula is C10H11N5O2. The molecule has 7 heteroatoms. The van der Waals surface area contributed by atoms with E-state index in [1.165, 1.54) is 10.7 Å². The van der Waals surface area contributed by atoms with Gasteiger partial charge < -0.3 is 5.73 Å². The maximum absolute atomic E-state index is 10.9. The number of nitrogens with zero attached hydrogens (tertiary/aromatic N) is 4. The maximum atomic E-state index is 10.9. The highest BCUT2D eigenvalue weighted by molar-refractivity contribution is 5.52. The van der Waals surface area contributed by atoms with E-state index < -0.39 is 4.92 Å². The average molecular weight is 233 g/mol. The van der Waals surface area contributed by atoms with Gasteiger partial charge in [-0.3, -0.25) is 10.1 Å². The first-order valence-corrected chi connectivity index (χ1v) is 5.00. The summed E-state index contributed by atoms with van der Waals surface area (Å²) in [5.74, 6) is 0. The number of benzene rings is 1. The van der Waals surface area contributed by atoms with Gasteiger partial charge in [-0.2, -0.15) is 0 Å². The molecule has 1 heterocycles. The maximum Gasteiger partial charge on any atom is 0.294 e. The minimum absolute atomic E-state index is 0.0101. The van der Waals surface area contributed by atoms with Crippen molar-refractivity contribution in [2.75, 3.05) is 0 Å².